The second-order valence-corrected chi connectivity index (χ2v) is 6.66. The van der Waals surface area contributed by atoms with Crippen LogP contribution >= 0.6 is 0 Å². The summed E-state index contributed by atoms with van der Waals surface area (Å²) < 4.78 is 22.9. The van der Waals surface area contributed by atoms with Crippen LogP contribution in [0.5, 0.6) is 0 Å². The number of imidazole rings is 1. The van der Waals surface area contributed by atoms with Crippen molar-refractivity contribution in [1.29, 1.82) is 0 Å². The molecule has 2 N–H and O–H groups in total. The van der Waals surface area contributed by atoms with Gasteiger partial charge in [-0.3, -0.25) is 0 Å². The summed E-state index contributed by atoms with van der Waals surface area (Å²) in [6.07, 6.45) is 1.56. The summed E-state index contributed by atoms with van der Waals surface area (Å²) in [4.78, 5) is 17.7. The van der Waals surface area contributed by atoms with Gasteiger partial charge in [0.1, 0.15) is 5.52 Å². The highest BCUT2D eigenvalue weighted by molar-refractivity contribution is 7.91. The second kappa shape index (κ2) is 4.34. The van der Waals surface area contributed by atoms with Gasteiger partial charge in [0.2, 0.25) is 5.95 Å². The monoisotopic (exact) mass is 282 g/mol. The van der Waals surface area contributed by atoms with Gasteiger partial charge in [0.15, 0.2) is 21.3 Å². The molecule has 1 aliphatic heterocycles. The number of hydrogen-bond donors (Lipinski definition) is 2. The Bertz CT molecular complexity index is 696. The number of aromatic amines is 1. The third kappa shape index (κ3) is 2.21. The van der Waals surface area contributed by atoms with Crippen molar-refractivity contribution in [2.75, 3.05) is 41.9 Å². The zero-order chi connectivity index (χ0) is 13.5. The van der Waals surface area contributed by atoms with Crippen molar-refractivity contribution in [3.05, 3.63) is 6.33 Å². The maximum Gasteiger partial charge on any atom is 0.226 e. The van der Waals surface area contributed by atoms with E-state index in [1.165, 1.54) is 0 Å². The average Bonchev–Trinajstić information content (AvgIpc) is 2.86. The zero-order valence-corrected chi connectivity index (χ0v) is 11.2. The lowest BCUT2D eigenvalue weighted by atomic mass is 10.4. The average molecular weight is 282 g/mol. The minimum Gasteiger partial charge on any atom is -0.357 e. The molecule has 8 nitrogen and oxygen atoms in total. The highest BCUT2D eigenvalue weighted by Gasteiger charge is 2.25. The fourth-order valence-electron chi connectivity index (χ4n) is 2.08. The summed E-state index contributed by atoms with van der Waals surface area (Å²) in [6.45, 7) is 0.882. The van der Waals surface area contributed by atoms with E-state index in [-0.39, 0.29) is 11.5 Å². The lowest BCUT2D eigenvalue weighted by Crippen LogP contribution is -2.40. The summed E-state index contributed by atoms with van der Waals surface area (Å²) in [5.41, 5.74) is 1.31. The molecule has 2 aromatic heterocycles. The van der Waals surface area contributed by atoms with Gasteiger partial charge in [0, 0.05) is 20.1 Å². The Balaban J connectivity index is 2.02. The molecule has 0 radical (unpaired) electrons. The van der Waals surface area contributed by atoms with Crippen LogP contribution in [0.4, 0.5) is 11.8 Å². The van der Waals surface area contributed by atoms with E-state index < -0.39 is 9.84 Å². The van der Waals surface area contributed by atoms with Crippen LogP contribution in [0.1, 0.15) is 0 Å². The molecule has 1 fully saturated rings. The summed E-state index contributed by atoms with van der Waals surface area (Å²) in [7, 11) is -1.17. The van der Waals surface area contributed by atoms with E-state index in [0.717, 1.165) is 5.52 Å². The van der Waals surface area contributed by atoms with Crippen LogP contribution in [-0.2, 0) is 9.84 Å². The number of sulfone groups is 1. The first-order valence-electron chi connectivity index (χ1n) is 5.93. The molecule has 1 saturated heterocycles. The molecule has 3 heterocycles. The number of hydrogen-bond acceptors (Lipinski definition) is 7. The molecule has 102 valence electrons. The van der Waals surface area contributed by atoms with Gasteiger partial charge in [-0.25, -0.2) is 13.4 Å². The van der Waals surface area contributed by atoms with Crippen LogP contribution in [0.3, 0.4) is 0 Å². The van der Waals surface area contributed by atoms with Crippen LogP contribution in [0.15, 0.2) is 6.33 Å². The predicted molar refractivity (Wildman–Crippen MR) is 72.1 cm³/mol. The van der Waals surface area contributed by atoms with Crippen LogP contribution in [-0.4, -0.2) is 60.0 Å². The van der Waals surface area contributed by atoms with E-state index >= 15 is 0 Å². The maximum absolute atomic E-state index is 11.5. The summed E-state index contributed by atoms with van der Waals surface area (Å²) in [6, 6.07) is 0. The highest BCUT2D eigenvalue weighted by atomic mass is 32.2. The van der Waals surface area contributed by atoms with Gasteiger partial charge in [-0.1, -0.05) is 0 Å². The van der Waals surface area contributed by atoms with Crippen molar-refractivity contribution in [3.63, 3.8) is 0 Å². The molecule has 9 heteroatoms. The molecule has 2 aromatic rings. The summed E-state index contributed by atoms with van der Waals surface area (Å²) in [5.74, 6) is 1.48. The van der Waals surface area contributed by atoms with Crippen molar-refractivity contribution in [3.8, 4) is 0 Å². The maximum atomic E-state index is 11.5. The first-order valence-corrected chi connectivity index (χ1v) is 7.75. The van der Waals surface area contributed by atoms with Gasteiger partial charge in [-0.2, -0.15) is 9.97 Å². The Morgan fingerprint density at radius 1 is 1.32 bits per heavy atom. The van der Waals surface area contributed by atoms with Gasteiger partial charge in [0.25, 0.3) is 0 Å². The number of aromatic nitrogens is 4. The van der Waals surface area contributed by atoms with Crippen LogP contribution in [0.25, 0.3) is 11.2 Å². The number of nitrogens with one attached hydrogen (secondary N) is 2. The standard InChI is InChI=1S/C10H14N6O2S/c1-11-10-14-8-7(12-6-13-8)9(15-10)16-2-4-19(17,18)5-3-16/h6H,2-5H2,1H3,(H2,11,12,13,14,15). The first-order chi connectivity index (χ1) is 9.09. The van der Waals surface area contributed by atoms with E-state index in [2.05, 4.69) is 25.3 Å². The van der Waals surface area contributed by atoms with Crippen molar-refractivity contribution >= 4 is 32.8 Å². The zero-order valence-electron chi connectivity index (χ0n) is 10.4. The smallest absolute Gasteiger partial charge is 0.226 e. The lowest BCUT2D eigenvalue weighted by Gasteiger charge is -2.27. The Labute approximate surface area is 110 Å². The fourth-order valence-corrected chi connectivity index (χ4v) is 3.28. The normalized spacial score (nSPS) is 18.7. The van der Waals surface area contributed by atoms with Crippen LogP contribution in [0.2, 0.25) is 0 Å². The van der Waals surface area contributed by atoms with Crippen molar-refractivity contribution < 1.29 is 8.42 Å². The van der Waals surface area contributed by atoms with E-state index in [4.69, 9.17) is 0 Å². The van der Waals surface area contributed by atoms with Crippen LogP contribution in [0, 0.1) is 0 Å². The second-order valence-electron chi connectivity index (χ2n) is 4.36. The van der Waals surface area contributed by atoms with Gasteiger partial charge < -0.3 is 15.2 Å². The van der Waals surface area contributed by atoms with Crippen LogP contribution < -0.4 is 10.2 Å². The SMILES string of the molecule is CNc1nc(N2CCS(=O)(=O)CC2)c2[nH]cnc2n1. The molecule has 0 unspecified atom stereocenters. The molecule has 19 heavy (non-hydrogen) atoms. The first kappa shape index (κ1) is 12.2. The molecular weight excluding hydrogens is 268 g/mol. The van der Waals surface area contributed by atoms with Gasteiger partial charge in [-0.05, 0) is 0 Å². The van der Waals surface area contributed by atoms with E-state index in [0.29, 0.717) is 30.5 Å². The molecule has 0 atom stereocenters. The Morgan fingerprint density at radius 3 is 2.74 bits per heavy atom. The van der Waals surface area contributed by atoms with Gasteiger partial charge >= 0.3 is 0 Å². The topological polar surface area (TPSA) is 104 Å². The van der Waals surface area contributed by atoms with Crippen molar-refractivity contribution in [1.82, 2.24) is 19.9 Å². The van der Waals surface area contributed by atoms with E-state index in [1.807, 2.05) is 4.90 Å². The fraction of sp³-hybridized carbons (Fsp3) is 0.500. The van der Waals surface area contributed by atoms with Crippen molar-refractivity contribution in [2.45, 2.75) is 0 Å². The Morgan fingerprint density at radius 2 is 2.05 bits per heavy atom. The Kier molecular flexibility index (Phi) is 2.77. The van der Waals surface area contributed by atoms with Gasteiger partial charge in [0.05, 0.1) is 17.8 Å². The quantitative estimate of drug-likeness (QED) is 0.774. The molecule has 0 bridgehead atoms. The molecule has 0 aromatic carbocycles. The van der Waals surface area contributed by atoms with E-state index in [9.17, 15) is 8.42 Å². The molecule has 0 spiro atoms. The minimum atomic E-state index is -2.91. The molecule has 0 amide bonds. The summed E-state index contributed by atoms with van der Waals surface area (Å²) >= 11 is 0. The third-order valence-corrected chi connectivity index (χ3v) is 4.74. The number of nitrogens with zero attached hydrogens (tertiary/aromatic N) is 4. The summed E-state index contributed by atoms with van der Waals surface area (Å²) in [5, 5.41) is 2.88. The molecule has 0 saturated carbocycles. The minimum absolute atomic E-state index is 0.154. The third-order valence-electron chi connectivity index (χ3n) is 3.13. The number of fused-ring (bicyclic) bond motifs is 1. The number of anilines is 2. The molecule has 3 rings (SSSR count). The van der Waals surface area contributed by atoms with Gasteiger partial charge in [-0.15, -0.1) is 0 Å². The number of rotatable bonds is 2. The largest absolute Gasteiger partial charge is 0.357 e. The highest BCUT2D eigenvalue weighted by Crippen LogP contribution is 2.23. The molecule has 1 aliphatic rings. The predicted octanol–water partition coefficient (Wildman–Crippen LogP) is -0.371. The lowest BCUT2D eigenvalue weighted by molar-refractivity contribution is 0.586. The Hall–Kier alpha value is -1.90. The van der Waals surface area contributed by atoms with Crippen molar-refractivity contribution in [2.24, 2.45) is 0 Å². The molecular formula is C10H14N6O2S. The number of H-pyrrole nitrogens is 1. The molecule has 0 aliphatic carbocycles. The van der Waals surface area contributed by atoms with E-state index in [1.54, 1.807) is 13.4 Å².